The number of hydrogen-bond acceptors (Lipinski definition) is 4. The number of rotatable bonds is 3. The molecule has 3 N–H and O–H groups in total. The summed E-state index contributed by atoms with van der Waals surface area (Å²) in [5, 5.41) is 0. The Morgan fingerprint density at radius 1 is 1.32 bits per heavy atom. The Morgan fingerprint density at radius 3 is 2.58 bits per heavy atom. The second kappa shape index (κ2) is 5.17. The van der Waals surface area contributed by atoms with Crippen molar-refractivity contribution >= 4 is 0 Å². The van der Waals surface area contributed by atoms with Crippen LogP contribution in [0.15, 0.2) is 18.2 Å². The van der Waals surface area contributed by atoms with Gasteiger partial charge >= 0.3 is 0 Å². The fraction of sp³-hybridized carbons (Fsp3) is 0.571. The van der Waals surface area contributed by atoms with E-state index in [1.165, 1.54) is 0 Å². The van der Waals surface area contributed by atoms with Crippen LogP contribution in [0, 0.1) is 12.7 Å². The molecule has 0 amide bonds. The number of benzene rings is 1. The second-order valence-electron chi connectivity index (χ2n) is 5.56. The topological polar surface area (TPSA) is 44.5 Å². The first kappa shape index (κ1) is 13.0. The van der Waals surface area contributed by atoms with Crippen LogP contribution in [0.25, 0.3) is 0 Å². The molecule has 5 heteroatoms. The first-order valence-corrected chi connectivity index (χ1v) is 6.87. The third-order valence-electron chi connectivity index (χ3n) is 4.44. The molecule has 4 rings (SSSR count). The molecule has 3 heterocycles. The molecule has 3 aliphatic heterocycles. The molecule has 1 aromatic carbocycles. The maximum absolute atomic E-state index is 13.7. The molecule has 0 aliphatic carbocycles. The van der Waals surface area contributed by atoms with Gasteiger partial charge in [-0.1, -0.05) is 12.1 Å². The molecule has 2 bridgehead atoms. The van der Waals surface area contributed by atoms with E-state index in [1.54, 1.807) is 13.0 Å². The summed E-state index contributed by atoms with van der Waals surface area (Å²) in [5.41, 5.74) is 4.49. The molecule has 2 unspecified atom stereocenters. The number of aryl methyl sites for hydroxylation is 1. The van der Waals surface area contributed by atoms with E-state index in [1.807, 2.05) is 12.1 Å². The number of nitrogens with zero attached hydrogens (tertiary/aromatic N) is 2. The number of hydrogen-bond donors (Lipinski definition) is 2. The summed E-state index contributed by atoms with van der Waals surface area (Å²) in [5.74, 6) is 5.58. The van der Waals surface area contributed by atoms with Gasteiger partial charge in [-0.15, -0.1) is 0 Å². The summed E-state index contributed by atoms with van der Waals surface area (Å²) in [6.45, 7) is 7.21. The minimum absolute atomic E-state index is 0.0156. The predicted molar refractivity (Wildman–Crippen MR) is 73.0 cm³/mol. The Balaban J connectivity index is 1.85. The number of nitrogens with two attached hydrogens (primary N) is 1. The molecule has 0 aromatic heterocycles. The zero-order chi connectivity index (χ0) is 13.4. The lowest BCUT2D eigenvalue weighted by Gasteiger charge is -2.50. The van der Waals surface area contributed by atoms with Crippen molar-refractivity contribution in [2.75, 3.05) is 32.7 Å². The first-order chi connectivity index (χ1) is 9.19. The van der Waals surface area contributed by atoms with Gasteiger partial charge in [0.25, 0.3) is 0 Å². The molecule has 3 saturated heterocycles. The minimum atomic E-state index is -0.158. The Kier molecular flexibility index (Phi) is 3.54. The van der Waals surface area contributed by atoms with Gasteiger partial charge in [-0.2, -0.15) is 0 Å². The minimum Gasteiger partial charge on any atom is -0.299 e. The molecule has 3 aliphatic rings. The molecule has 0 radical (unpaired) electrons. The van der Waals surface area contributed by atoms with Crippen LogP contribution in [-0.2, 0) is 0 Å². The summed E-state index contributed by atoms with van der Waals surface area (Å²) in [4.78, 5) is 4.92. The highest BCUT2D eigenvalue weighted by atomic mass is 19.1. The molecule has 0 spiro atoms. The fourth-order valence-corrected chi connectivity index (χ4v) is 3.21. The van der Waals surface area contributed by atoms with Gasteiger partial charge < -0.3 is 0 Å². The van der Waals surface area contributed by atoms with Crippen molar-refractivity contribution in [3.05, 3.63) is 35.1 Å². The number of halogens is 1. The van der Waals surface area contributed by atoms with Crippen LogP contribution in [-0.4, -0.2) is 48.6 Å². The number of piperazine rings is 3. The third kappa shape index (κ3) is 2.39. The van der Waals surface area contributed by atoms with Crippen LogP contribution >= 0.6 is 0 Å². The van der Waals surface area contributed by atoms with Gasteiger partial charge in [0.1, 0.15) is 5.82 Å². The van der Waals surface area contributed by atoms with Crippen LogP contribution in [0.2, 0.25) is 0 Å². The fourth-order valence-electron chi connectivity index (χ4n) is 3.21. The Bertz CT molecular complexity index is 457. The maximum Gasteiger partial charge on any atom is 0.126 e. The van der Waals surface area contributed by atoms with Crippen molar-refractivity contribution in [1.82, 2.24) is 15.2 Å². The largest absolute Gasteiger partial charge is 0.299 e. The molecule has 1 aromatic rings. The van der Waals surface area contributed by atoms with Gasteiger partial charge in [0.2, 0.25) is 0 Å². The van der Waals surface area contributed by atoms with Crippen molar-refractivity contribution < 1.29 is 4.39 Å². The molecule has 19 heavy (non-hydrogen) atoms. The van der Waals surface area contributed by atoms with E-state index in [2.05, 4.69) is 15.2 Å². The van der Waals surface area contributed by atoms with E-state index in [4.69, 9.17) is 5.84 Å². The molecule has 0 saturated carbocycles. The van der Waals surface area contributed by atoms with Crippen LogP contribution in [0.4, 0.5) is 4.39 Å². The lowest BCUT2D eigenvalue weighted by molar-refractivity contribution is -0.00373. The van der Waals surface area contributed by atoms with Crippen molar-refractivity contribution in [3.63, 3.8) is 0 Å². The van der Waals surface area contributed by atoms with Crippen molar-refractivity contribution in [2.24, 2.45) is 5.84 Å². The van der Waals surface area contributed by atoms with Crippen LogP contribution in [0.5, 0.6) is 0 Å². The summed E-state index contributed by atoms with van der Waals surface area (Å²) < 4.78 is 13.7. The van der Waals surface area contributed by atoms with E-state index in [9.17, 15) is 4.39 Å². The van der Waals surface area contributed by atoms with E-state index < -0.39 is 0 Å². The Morgan fingerprint density at radius 2 is 2.05 bits per heavy atom. The van der Waals surface area contributed by atoms with Crippen molar-refractivity contribution in [2.45, 2.75) is 19.0 Å². The van der Waals surface area contributed by atoms with Gasteiger partial charge in [0.15, 0.2) is 0 Å². The lowest BCUT2D eigenvalue weighted by atomic mass is 9.94. The molecular formula is C14H21FN4. The predicted octanol–water partition coefficient (Wildman–Crippen LogP) is 0.638. The number of nitrogens with one attached hydrogen (secondary N) is 1. The smallest absolute Gasteiger partial charge is 0.126 e. The highest BCUT2D eigenvalue weighted by Crippen LogP contribution is 2.27. The molecule has 4 nitrogen and oxygen atoms in total. The van der Waals surface area contributed by atoms with Gasteiger partial charge in [0, 0.05) is 38.8 Å². The van der Waals surface area contributed by atoms with Gasteiger partial charge in [0.05, 0.1) is 6.04 Å². The van der Waals surface area contributed by atoms with E-state index >= 15 is 0 Å². The van der Waals surface area contributed by atoms with Crippen LogP contribution in [0.1, 0.15) is 17.2 Å². The molecule has 3 fully saturated rings. The third-order valence-corrected chi connectivity index (χ3v) is 4.44. The SMILES string of the molecule is Cc1ccc(C(NN)C2CN3CCN2CC3)cc1F. The van der Waals surface area contributed by atoms with Crippen LogP contribution in [0.3, 0.4) is 0 Å². The number of fused-ring (bicyclic) bond motifs is 3. The summed E-state index contributed by atoms with van der Waals surface area (Å²) in [7, 11) is 0. The first-order valence-electron chi connectivity index (χ1n) is 6.87. The van der Waals surface area contributed by atoms with Gasteiger partial charge in [-0.3, -0.25) is 21.1 Å². The summed E-state index contributed by atoms with van der Waals surface area (Å²) in [6, 6.07) is 5.72. The zero-order valence-electron chi connectivity index (χ0n) is 11.3. The maximum atomic E-state index is 13.7. The zero-order valence-corrected chi connectivity index (χ0v) is 11.3. The van der Waals surface area contributed by atoms with E-state index in [0.717, 1.165) is 38.3 Å². The van der Waals surface area contributed by atoms with E-state index in [0.29, 0.717) is 11.6 Å². The monoisotopic (exact) mass is 264 g/mol. The van der Waals surface area contributed by atoms with Crippen LogP contribution < -0.4 is 11.3 Å². The summed E-state index contributed by atoms with van der Waals surface area (Å²) >= 11 is 0. The Labute approximate surface area is 113 Å². The highest BCUT2D eigenvalue weighted by molar-refractivity contribution is 5.27. The molecule has 104 valence electrons. The van der Waals surface area contributed by atoms with E-state index in [-0.39, 0.29) is 11.9 Å². The average molecular weight is 264 g/mol. The van der Waals surface area contributed by atoms with Gasteiger partial charge in [-0.05, 0) is 24.1 Å². The number of hydrazine groups is 1. The van der Waals surface area contributed by atoms with Crippen molar-refractivity contribution in [1.29, 1.82) is 0 Å². The van der Waals surface area contributed by atoms with Crippen molar-refractivity contribution in [3.8, 4) is 0 Å². The molecule has 2 atom stereocenters. The normalized spacial score (nSPS) is 31.4. The Hall–Kier alpha value is -1.01. The van der Waals surface area contributed by atoms with Gasteiger partial charge in [-0.25, -0.2) is 4.39 Å². The highest BCUT2D eigenvalue weighted by Gasteiger charge is 2.37. The second-order valence-corrected chi connectivity index (χ2v) is 5.56. The quantitative estimate of drug-likeness (QED) is 0.621. The lowest BCUT2D eigenvalue weighted by Crippen LogP contribution is -2.64. The standard InChI is InChI=1S/C14H21FN4/c1-10-2-3-11(8-12(10)15)14(17-16)13-9-18-4-6-19(13)7-5-18/h2-3,8,13-14,17H,4-7,9,16H2,1H3. The average Bonchev–Trinajstić information content (AvgIpc) is 2.45. The molecular weight excluding hydrogens is 243 g/mol. The summed E-state index contributed by atoms with van der Waals surface area (Å²) in [6.07, 6.45) is 0.